The molecule has 2 aromatic carbocycles. The van der Waals surface area contributed by atoms with Crippen molar-refractivity contribution in [2.45, 2.75) is 19.4 Å². The van der Waals surface area contributed by atoms with Gasteiger partial charge in [-0.2, -0.15) is 0 Å². The van der Waals surface area contributed by atoms with E-state index < -0.39 is 23.5 Å². The third-order valence-electron chi connectivity index (χ3n) is 4.18. The van der Waals surface area contributed by atoms with Crippen molar-refractivity contribution in [1.82, 2.24) is 0 Å². The van der Waals surface area contributed by atoms with Crippen LogP contribution in [0.1, 0.15) is 24.9 Å². The highest BCUT2D eigenvalue weighted by Crippen LogP contribution is 2.42. The van der Waals surface area contributed by atoms with Crippen molar-refractivity contribution in [2.24, 2.45) is 0 Å². The largest absolute Gasteiger partial charge is 0.503 e. The van der Waals surface area contributed by atoms with Crippen LogP contribution in [0.3, 0.4) is 0 Å². The molecular weight excluding hydrogens is 380 g/mol. The summed E-state index contributed by atoms with van der Waals surface area (Å²) >= 11 is 12.0. The molecular formula is C19H14Cl2FNO3. The average Bonchev–Trinajstić information content (AvgIpc) is 2.88. The minimum absolute atomic E-state index is 0.0415. The van der Waals surface area contributed by atoms with Gasteiger partial charge in [-0.05, 0) is 35.9 Å². The van der Waals surface area contributed by atoms with Crippen LogP contribution in [0, 0.1) is 5.82 Å². The molecule has 4 nitrogen and oxygen atoms in total. The number of hydrogen-bond acceptors (Lipinski definition) is 3. The molecule has 0 spiro atoms. The second-order valence-corrected chi connectivity index (χ2v) is 6.58. The van der Waals surface area contributed by atoms with Gasteiger partial charge >= 0.3 is 0 Å². The molecule has 134 valence electrons. The van der Waals surface area contributed by atoms with Gasteiger partial charge in [-0.3, -0.25) is 14.5 Å². The fraction of sp³-hybridized carbons (Fsp3) is 0.158. The third kappa shape index (κ3) is 3.08. The molecule has 0 saturated carbocycles. The Hall–Kier alpha value is -2.37. The molecule has 1 unspecified atom stereocenters. The van der Waals surface area contributed by atoms with E-state index >= 15 is 0 Å². The molecule has 1 atom stereocenters. The van der Waals surface area contributed by atoms with Gasteiger partial charge in [0, 0.05) is 12.1 Å². The van der Waals surface area contributed by atoms with Gasteiger partial charge in [0.05, 0.1) is 21.7 Å². The number of benzene rings is 2. The summed E-state index contributed by atoms with van der Waals surface area (Å²) in [6.45, 7) is 1.63. The zero-order chi connectivity index (χ0) is 19.0. The normalized spacial score (nSPS) is 17.2. The van der Waals surface area contributed by atoms with Crippen LogP contribution in [-0.4, -0.2) is 16.8 Å². The van der Waals surface area contributed by atoms with E-state index in [0.717, 1.165) is 6.07 Å². The molecule has 0 aliphatic carbocycles. The molecule has 26 heavy (non-hydrogen) atoms. The standard InChI is InChI=1S/C19H14Cl2FNO3/c1-2-15(24)16-17(10-6-7-13(20)14(21)8-10)23(19(26)18(16)25)12-5-3-4-11(22)9-12/h3-9,17,25H,2H2,1H3. The number of halogens is 3. The molecule has 0 radical (unpaired) electrons. The summed E-state index contributed by atoms with van der Waals surface area (Å²) in [5, 5.41) is 10.9. The molecule has 0 fully saturated rings. The Morgan fingerprint density at radius 2 is 1.92 bits per heavy atom. The molecule has 2 aromatic rings. The van der Waals surface area contributed by atoms with Gasteiger partial charge in [-0.25, -0.2) is 4.39 Å². The SMILES string of the molecule is CCC(=O)C1=C(O)C(=O)N(c2cccc(F)c2)C1c1ccc(Cl)c(Cl)c1. The molecule has 3 rings (SSSR count). The Morgan fingerprint density at radius 3 is 2.54 bits per heavy atom. The first-order valence-electron chi connectivity index (χ1n) is 7.85. The number of hydrogen-bond donors (Lipinski definition) is 1. The zero-order valence-corrected chi connectivity index (χ0v) is 15.2. The topological polar surface area (TPSA) is 57.6 Å². The molecule has 7 heteroatoms. The van der Waals surface area contributed by atoms with Gasteiger partial charge in [0.15, 0.2) is 11.5 Å². The summed E-state index contributed by atoms with van der Waals surface area (Å²) in [5.74, 6) is -2.34. The number of aliphatic hydroxyl groups excluding tert-OH is 1. The summed E-state index contributed by atoms with van der Waals surface area (Å²) in [7, 11) is 0. The van der Waals surface area contributed by atoms with Gasteiger partial charge in [0.1, 0.15) is 5.82 Å². The minimum atomic E-state index is -0.925. The molecule has 1 heterocycles. The predicted molar refractivity (Wildman–Crippen MR) is 98.0 cm³/mol. The Bertz CT molecular complexity index is 942. The molecule has 1 N–H and O–H groups in total. The van der Waals surface area contributed by atoms with E-state index in [-0.39, 0.29) is 28.5 Å². The first-order valence-corrected chi connectivity index (χ1v) is 8.61. The van der Waals surface area contributed by atoms with Crippen molar-refractivity contribution in [1.29, 1.82) is 0 Å². The highest BCUT2D eigenvalue weighted by molar-refractivity contribution is 6.42. The summed E-state index contributed by atoms with van der Waals surface area (Å²) in [6, 6.07) is 9.12. The lowest BCUT2D eigenvalue weighted by atomic mass is 9.95. The van der Waals surface area contributed by atoms with Crippen LogP contribution in [0.25, 0.3) is 0 Å². The first-order chi connectivity index (χ1) is 12.3. The number of Topliss-reactive ketones (excluding diaryl/α,β-unsaturated/α-hetero) is 1. The second kappa shape index (κ2) is 7.09. The van der Waals surface area contributed by atoms with Gasteiger partial charge < -0.3 is 5.11 Å². The van der Waals surface area contributed by atoms with Crippen molar-refractivity contribution < 1.29 is 19.1 Å². The minimum Gasteiger partial charge on any atom is -0.503 e. The highest BCUT2D eigenvalue weighted by atomic mass is 35.5. The molecule has 0 aromatic heterocycles. The monoisotopic (exact) mass is 393 g/mol. The zero-order valence-electron chi connectivity index (χ0n) is 13.7. The van der Waals surface area contributed by atoms with Crippen LogP contribution in [0.5, 0.6) is 0 Å². The summed E-state index contributed by atoms with van der Waals surface area (Å²) in [4.78, 5) is 26.3. The van der Waals surface area contributed by atoms with E-state index in [4.69, 9.17) is 23.2 Å². The first kappa shape index (κ1) is 18.4. The number of ketones is 1. The van der Waals surface area contributed by atoms with E-state index in [9.17, 15) is 19.1 Å². The van der Waals surface area contributed by atoms with E-state index in [2.05, 4.69) is 0 Å². The maximum absolute atomic E-state index is 13.7. The predicted octanol–water partition coefficient (Wildman–Crippen LogP) is 5.01. The Morgan fingerprint density at radius 1 is 1.19 bits per heavy atom. The Kier molecular flexibility index (Phi) is 5.03. The molecule has 0 saturated heterocycles. The van der Waals surface area contributed by atoms with Crippen LogP contribution in [-0.2, 0) is 9.59 Å². The lowest BCUT2D eigenvalue weighted by Gasteiger charge is -2.27. The van der Waals surface area contributed by atoms with Crippen LogP contribution in [0.4, 0.5) is 10.1 Å². The van der Waals surface area contributed by atoms with Crippen molar-refractivity contribution in [2.75, 3.05) is 4.90 Å². The smallest absolute Gasteiger partial charge is 0.294 e. The molecule has 0 bridgehead atoms. The number of nitrogens with zero attached hydrogens (tertiary/aromatic N) is 1. The summed E-state index contributed by atoms with van der Waals surface area (Å²) in [5.41, 5.74) is 0.662. The van der Waals surface area contributed by atoms with Gasteiger partial charge in [-0.1, -0.05) is 42.3 Å². The fourth-order valence-electron chi connectivity index (χ4n) is 2.97. The maximum atomic E-state index is 13.7. The molecule has 1 amide bonds. The van der Waals surface area contributed by atoms with Crippen molar-refractivity contribution >= 4 is 40.6 Å². The lowest BCUT2D eigenvalue weighted by molar-refractivity contribution is -0.118. The van der Waals surface area contributed by atoms with Crippen LogP contribution >= 0.6 is 23.2 Å². The van der Waals surface area contributed by atoms with Gasteiger partial charge in [0.25, 0.3) is 5.91 Å². The quantitative estimate of drug-likeness (QED) is 0.793. The summed E-state index contributed by atoms with van der Waals surface area (Å²) in [6.07, 6.45) is 0.0987. The van der Waals surface area contributed by atoms with Gasteiger partial charge in [0.2, 0.25) is 0 Å². The van der Waals surface area contributed by atoms with Gasteiger partial charge in [-0.15, -0.1) is 0 Å². The number of carbonyl (C=O) groups is 2. The van der Waals surface area contributed by atoms with Crippen LogP contribution < -0.4 is 4.90 Å². The van der Waals surface area contributed by atoms with E-state index in [0.29, 0.717) is 10.6 Å². The highest BCUT2D eigenvalue weighted by Gasteiger charge is 2.44. The third-order valence-corrected chi connectivity index (χ3v) is 4.91. The number of aliphatic hydroxyl groups is 1. The second-order valence-electron chi connectivity index (χ2n) is 5.77. The van der Waals surface area contributed by atoms with Crippen LogP contribution in [0.2, 0.25) is 10.0 Å². The number of carbonyl (C=O) groups excluding carboxylic acids is 2. The average molecular weight is 394 g/mol. The van der Waals surface area contributed by atoms with Crippen molar-refractivity contribution in [3.63, 3.8) is 0 Å². The van der Waals surface area contributed by atoms with E-state index in [1.807, 2.05) is 0 Å². The Labute approximate surface area is 159 Å². The summed E-state index contributed by atoms with van der Waals surface area (Å²) < 4.78 is 13.7. The Balaban J connectivity index is 2.21. The lowest BCUT2D eigenvalue weighted by Crippen LogP contribution is -2.31. The number of anilines is 1. The van der Waals surface area contributed by atoms with E-state index in [1.54, 1.807) is 13.0 Å². The number of rotatable bonds is 4. The van der Waals surface area contributed by atoms with Crippen molar-refractivity contribution in [3.05, 3.63) is 75.2 Å². The maximum Gasteiger partial charge on any atom is 0.294 e. The van der Waals surface area contributed by atoms with Crippen molar-refractivity contribution in [3.8, 4) is 0 Å². The number of amides is 1. The molecule has 1 aliphatic rings. The fourth-order valence-corrected chi connectivity index (χ4v) is 3.28. The molecule has 1 aliphatic heterocycles. The van der Waals surface area contributed by atoms with E-state index in [1.165, 1.54) is 35.2 Å². The van der Waals surface area contributed by atoms with Crippen LogP contribution in [0.15, 0.2) is 53.8 Å².